The van der Waals surface area contributed by atoms with Crippen molar-refractivity contribution < 1.29 is 18.0 Å². The fourth-order valence-corrected chi connectivity index (χ4v) is 2.64. The Balaban J connectivity index is 2.02. The number of carbonyl (C=O) groups excluding carboxylic acids is 1. The summed E-state index contributed by atoms with van der Waals surface area (Å²) in [6.45, 7) is 1.98. The number of rotatable bonds is 3. The maximum absolute atomic E-state index is 13.1. The first kappa shape index (κ1) is 17.0. The number of alkyl halides is 3. The maximum atomic E-state index is 13.1. The average molecular weight is 344 g/mol. The van der Waals surface area contributed by atoms with E-state index in [1.807, 2.05) is 25.1 Å². The van der Waals surface area contributed by atoms with Crippen LogP contribution in [0.5, 0.6) is 0 Å². The second kappa shape index (κ2) is 6.55. The minimum Gasteiger partial charge on any atom is -0.320 e. The van der Waals surface area contributed by atoms with Gasteiger partial charge in [0.25, 0.3) is 5.91 Å². The van der Waals surface area contributed by atoms with Crippen molar-refractivity contribution in [1.82, 2.24) is 4.98 Å². The molecule has 1 aromatic heterocycles. The standard InChI is InChI=1S/C19H15F3N2O/c1-2-12-7-8-13-9-10-23-17(14(13)11-12)18(25)24-16-6-4-3-5-15(16)19(20,21)22/h3-11H,2H2,1H3,(H,24,25). The summed E-state index contributed by atoms with van der Waals surface area (Å²) in [6, 6.07) is 12.3. The van der Waals surface area contributed by atoms with Crippen molar-refractivity contribution in [2.75, 3.05) is 5.32 Å². The number of aryl methyl sites for hydroxylation is 1. The Morgan fingerprint density at radius 3 is 2.60 bits per heavy atom. The summed E-state index contributed by atoms with van der Waals surface area (Å²) < 4.78 is 39.3. The fourth-order valence-electron chi connectivity index (χ4n) is 2.64. The van der Waals surface area contributed by atoms with E-state index in [1.165, 1.54) is 24.4 Å². The Hall–Kier alpha value is -2.89. The van der Waals surface area contributed by atoms with Crippen LogP contribution in [0.3, 0.4) is 0 Å². The van der Waals surface area contributed by atoms with Crippen LogP contribution in [0.25, 0.3) is 10.8 Å². The molecule has 0 aliphatic carbocycles. The number of hydrogen-bond acceptors (Lipinski definition) is 2. The van der Waals surface area contributed by atoms with Crippen LogP contribution in [0.2, 0.25) is 0 Å². The number of pyridine rings is 1. The van der Waals surface area contributed by atoms with E-state index in [2.05, 4.69) is 10.3 Å². The number of para-hydroxylation sites is 1. The van der Waals surface area contributed by atoms with Gasteiger partial charge in [0.2, 0.25) is 0 Å². The second-order valence-electron chi connectivity index (χ2n) is 5.57. The topological polar surface area (TPSA) is 42.0 Å². The molecule has 0 spiro atoms. The summed E-state index contributed by atoms with van der Waals surface area (Å²) in [4.78, 5) is 16.6. The molecule has 128 valence electrons. The molecule has 0 aliphatic rings. The maximum Gasteiger partial charge on any atom is 0.418 e. The Kier molecular flexibility index (Phi) is 4.44. The number of anilines is 1. The third kappa shape index (κ3) is 3.47. The minimum absolute atomic E-state index is 0.102. The molecule has 3 nitrogen and oxygen atoms in total. The first-order chi connectivity index (χ1) is 11.9. The molecule has 25 heavy (non-hydrogen) atoms. The molecule has 6 heteroatoms. The van der Waals surface area contributed by atoms with Crippen LogP contribution in [0.1, 0.15) is 28.5 Å². The van der Waals surface area contributed by atoms with Crippen LogP contribution in [0.4, 0.5) is 18.9 Å². The average Bonchev–Trinajstić information content (AvgIpc) is 2.60. The molecule has 3 rings (SSSR count). The van der Waals surface area contributed by atoms with E-state index in [9.17, 15) is 18.0 Å². The Morgan fingerprint density at radius 2 is 1.88 bits per heavy atom. The highest BCUT2D eigenvalue weighted by Gasteiger charge is 2.33. The van der Waals surface area contributed by atoms with Crippen LogP contribution in [0, 0.1) is 0 Å². The molecule has 0 radical (unpaired) electrons. The van der Waals surface area contributed by atoms with Gasteiger partial charge in [-0.1, -0.05) is 31.2 Å². The van der Waals surface area contributed by atoms with Crippen LogP contribution in [0.15, 0.2) is 54.7 Å². The molecule has 0 bridgehead atoms. The molecule has 1 amide bonds. The molecule has 2 aromatic carbocycles. The largest absolute Gasteiger partial charge is 0.418 e. The van der Waals surface area contributed by atoms with Gasteiger partial charge in [0.05, 0.1) is 11.3 Å². The normalized spacial score (nSPS) is 11.5. The number of hydrogen-bond donors (Lipinski definition) is 1. The van der Waals surface area contributed by atoms with E-state index in [4.69, 9.17) is 0 Å². The lowest BCUT2D eigenvalue weighted by Gasteiger charge is -2.14. The summed E-state index contributed by atoms with van der Waals surface area (Å²) in [5, 5.41) is 3.76. The number of aromatic nitrogens is 1. The number of amides is 1. The van der Waals surface area contributed by atoms with Crippen LogP contribution in [-0.2, 0) is 12.6 Å². The molecule has 0 unspecified atom stereocenters. The van der Waals surface area contributed by atoms with Gasteiger partial charge in [-0.15, -0.1) is 0 Å². The van der Waals surface area contributed by atoms with E-state index in [1.54, 1.807) is 6.07 Å². The highest BCUT2D eigenvalue weighted by atomic mass is 19.4. The summed E-state index contributed by atoms with van der Waals surface area (Å²) in [7, 11) is 0. The van der Waals surface area contributed by atoms with Gasteiger partial charge in [-0.05, 0) is 41.6 Å². The molecule has 0 fully saturated rings. The highest BCUT2D eigenvalue weighted by Crippen LogP contribution is 2.34. The number of benzene rings is 2. The van der Waals surface area contributed by atoms with Crippen molar-refractivity contribution in [3.8, 4) is 0 Å². The van der Waals surface area contributed by atoms with Crippen LogP contribution in [-0.4, -0.2) is 10.9 Å². The Labute approximate surface area is 142 Å². The Morgan fingerprint density at radius 1 is 1.12 bits per heavy atom. The zero-order valence-corrected chi connectivity index (χ0v) is 13.4. The van der Waals surface area contributed by atoms with Crippen molar-refractivity contribution in [2.45, 2.75) is 19.5 Å². The van der Waals surface area contributed by atoms with Gasteiger partial charge in [-0.3, -0.25) is 9.78 Å². The zero-order valence-electron chi connectivity index (χ0n) is 13.4. The summed E-state index contributed by atoms with van der Waals surface area (Å²) in [5.74, 6) is -0.671. The predicted molar refractivity (Wildman–Crippen MR) is 90.5 cm³/mol. The second-order valence-corrected chi connectivity index (χ2v) is 5.57. The van der Waals surface area contributed by atoms with E-state index in [0.717, 1.165) is 23.4 Å². The van der Waals surface area contributed by atoms with Gasteiger partial charge in [-0.2, -0.15) is 13.2 Å². The first-order valence-electron chi connectivity index (χ1n) is 7.75. The summed E-state index contributed by atoms with van der Waals surface area (Å²) in [5.41, 5.74) is -0.0571. The number of nitrogens with zero attached hydrogens (tertiary/aromatic N) is 1. The number of halogens is 3. The van der Waals surface area contributed by atoms with Gasteiger partial charge >= 0.3 is 6.18 Å². The van der Waals surface area contributed by atoms with Crippen LogP contribution < -0.4 is 5.32 Å². The van der Waals surface area contributed by atoms with Crippen molar-refractivity contribution in [3.05, 3.63) is 71.5 Å². The van der Waals surface area contributed by atoms with Gasteiger partial charge < -0.3 is 5.32 Å². The summed E-state index contributed by atoms with van der Waals surface area (Å²) in [6.07, 6.45) is -2.30. The highest BCUT2D eigenvalue weighted by molar-refractivity contribution is 6.11. The van der Waals surface area contributed by atoms with E-state index < -0.39 is 17.6 Å². The van der Waals surface area contributed by atoms with E-state index in [-0.39, 0.29) is 11.4 Å². The smallest absolute Gasteiger partial charge is 0.320 e. The first-order valence-corrected chi connectivity index (χ1v) is 7.75. The molecule has 0 atom stereocenters. The minimum atomic E-state index is -4.55. The number of nitrogens with one attached hydrogen (secondary N) is 1. The SMILES string of the molecule is CCc1ccc2ccnc(C(=O)Nc3ccccc3C(F)(F)F)c2c1. The van der Waals surface area contributed by atoms with Crippen molar-refractivity contribution in [3.63, 3.8) is 0 Å². The monoisotopic (exact) mass is 344 g/mol. The van der Waals surface area contributed by atoms with Gasteiger partial charge in [0, 0.05) is 11.6 Å². The molecule has 3 aromatic rings. The number of fused-ring (bicyclic) bond motifs is 1. The van der Waals surface area contributed by atoms with Gasteiger partial charge in [0.1, 0.15) is 5.69 Å². The lowest BCUT2D eigenvalue weighted by atomic mass is 10.0. The molecule has 1 heterocycles. The third-order valence-corrected chi connectivity index (χ3v) is 3.93. The zero-order chi connectivity index (χ0) is 18.0. The van der Waals surface area contributed by atoms with Gasteiger partial charge in [-0.25, -0.2) is 0 Å². The Bertz CT molecular complexity index is 935. The van der Waals surface area contributed by atoms with Crippen molar-refractivity contribution >= 4 is 22.4 Å². The lowest BCUT2D eigenvalue weighted by Crippen LogP contribution is -2.18. The summed E-state index contributed by atoms with van der Waals surface area (Å²) >= 11 is 0. The molecular formula is C19H15F3N2O. The van der Waals surface area contributed by atoms with E-state index in [0.29, 0.717) is 5.39 Å². The predicted octanol–water partition coefficient (Wildman–Crippen LogP) is 5.07. The molecule has 0 saturated carbocycles. The molecular weight excluding hydrogens is 329 g/mol. The van der Waals surface area contributed by atoms with Crippen molar-refractivity contribution in [1.29, 1.82) is 0 Å². The molecule has 0 aliphatic heterocycles. The fraction of sp³-hybridized carbons (Fsp3) is 0.158. The van der Waals surface area contributed by atoms with Crippen molar-refractivity contribution in [2.24, 2.45) is 0 Å². The quantitative estimate of drug-likeness (QED) is 0.721. The lowest BCUT2D eigenvalue weighted by molar-refractivity contribution is -0.136. The third-order valence-electron chi connectivity index (χ3n) is 3.93. The van der Waals surface area contributed by atoms with Crippen LogP contribution >= 0.6 is 0 Å². The van der Waals surface area contributed by atoms with E-state index >= 15 is 0 Å². The molecule has 1 N–H and O–H groups in total. The van der Waals surface area contributed by atoms with Gasteiger partial charge in [0.15, 0.2) is 0 Å². The molecule has 0 saturated heterocycles. The number of carbonyl (C=O) groups is 1.